The van der Waals surface area contributed by atoms with Gasteiger partial charge >= 0.3 is 0 Å². The van der Waals surface area contributed by atoms with Crippen LogP contribution in [-0.4, -0.2) is 18.4 Å². The number of primary amides is 1. The van der Waals surface area contributed by atoms with Crippen molar-refractivity contribution in [1.29, 1.82) is 0 Å². The molecule has 1 atom stereocenters. The minimum Gasteiger partial charge on any atom is -0.484 e. The first-order valence-corrected chi connectivity index (χ1v) is 7.89. The highest BCUT2D eigenvalue weighted by Gasteiger charge is 2.12. The predicted molar refractivity (Wildman–Crippen MR) is 93.5 cm³/mol. The third-order valence-corrected chi connectivity index (χ3v) is 4.07. The fourth-order valence-corrected chi connectivity index (χ4v) is 2.32. The Morgan fingerprint density at radius 2 is 1.79 bits per heavy atom. The largest absolute Gasteiger partial charge is 0.484 e. The summed E-state index contributed by atoms with van der Waals surface area (Å²) >= 11 is 11.8. The quantitative estimate of drug-likeness (QED) is 0.822. The van der Waals surface area contributed by atoms with Crippen LogP contribution in [-0.2, 0) is 4.79 Å². The summed E-state index contributed by atoms with van der Waals surface area (Å²) in [4.78, 5) is 22.9. The molecule has 0 heterocycles. The molecule has 0 aliphatic heterocycles. The maximum atomic E-state index is 12.0. The van der Waals surface area contributed by atoms with Crippen LogP contribution in [0.5, 0.6) is 5.75 Å². The van der Waals surface area contributed by atoms with Gasteiger partial charge in [-0.2, -0.15) is 0 Å². The number of benzene rings is 2. The van der Waals surface area contributed by atoms with E-state index in [2.05, 4.69) is 5.32 Å². The number of nitrogens with one attached hydrogen (secondary N) is 1. The standard InChI is InChI=1S/C17H16Cl2N2O3/c1-10(12-4-7-14(18)15(19)8-12)21-16(22)9-24-13-5-2-11(3-6-13)17(20)23/h2-8,10H,9H2,1H3,(H2,20,23)(H,21,22). The number of carbonyl (C=O) groups is 2. The van der Waals surface area contributed by atoms with Gasteiger partial charge in [0.05, 0.1) is 16.1 Å². The van der Waals surface area contributed by atoms with Gasteiger partial charge in [0.15, 0.2) is 6.61 Å². The second-order valence-corrected chi connectivity index (χ2v) is 5.95. The molecule has 0 saturated heterocycles. The molecule has 5 nitrogen and oxygen atoms in total. The van der Waals surface area contributed by atoms with E-state index in [-0.39, 0.29) is 18.6 Å². The van der Waals surface area contributed by atoms with E-state index in [1.54, 1.807) is 30.3 Å². The molecule has 0 radical (unpaired) electrons. The van der Waals surface area contributed by atoms with E-state index in [0.717, 1.165) is 5.56 Å². The second-order valence-electron chi connectivity index (χ2n) is 5.14. The molecule has 1 unspecified atom stereocenters. The van der Waals surface area contributed by atoms with Crippen molar-refractivity contribution in [2.45, 2.75) is 13.0 Å². The summed E-state index contributed by atoms with van der Waals surface area (Å²) in [5.74, 6) is -0.334. The van der Waals surface area contributed by atoms with Gasteiger partial charge in [0.2, 0.25) is 5.91 Å². The number of halogens is 2. The first-order valence-electron chi connectivity index (χ1n) is 7.14. The van der Waals surface area contributed by atoms with Crippen molar-refractivity contribution in [3.8, 4) is 5.75 Å². The summed E-state index contributed by atoms with van der Waals surface area (Å²) in [6.07, 6.45) is 0. The van der Waals surface area contributed by atoms with E-state index in [1.165, 1.54) is 12.1 Å². The molecule has 0 fully saturated rings. The van der Waals surface area contributed by atoms with E-state index < -0.39 is 5.91 Å². The van der Waals surface area contributed by atoms with E-state index in [0.29, 0.717) is 21.4 Å². The lowest BCUT2D eigenvalue weighted by molar-refractivity contribution is -0.123. The van der Waals surface area contributed by atoms with E-state index in [9.17, 15) is 9.59 Å². The Morgan fingerprint density at radius 3 is 2.38 bits per heavy atom. The van der Waals surface area contributed by atoms with Crippen molar-refractivity contribution < 1.29 is 14.3 Å². The minimum atomic E-state index is -0.519. The van der Waals surface area contributed by atoms with Crippen LogP contribution in [0.25, 0.3) is 0 Å². The molecule has 0 aromatic heterocycles. The van der Waals surface area contributed by atoms with Crippen molar-refractivity contribution in [2.75, 3.05) is 6.61 Å². The number of amides is 2. The highest BCUT2D eigenvalue weighted by Crippen LogP contribution is 2.25. The summed E-state index contributed by atoms with van der Waals surface area (Å²) in [7, 11) is 0. The first-order chi connectivity index (χ1) is 11.4. The van der Waals surface area contributed by atoms with Gasteiger partial charge in [0.25, 0.3) is 5.91 Å². The maximum Gasteiger partial charge on any atom is 0.258 e. The average molecular weight is 367 g/mol. The van der Waals surface area contributed by atoms with Gasteiger partial charge in [0, 0.05) is 5.56 Å². The summed E-state index contributed by atoms with van der Waals surface area (Å²) in [5.41, 5.74) is 6.37. The third-order valence-electron chi connectivity index (χ3n) is 3.33. The number of nitrogens with two attached hydrogens (primary N) is 1. The Morgan fingerprint density at radius 1 is 1.12 bits per heavy atom. The predicted octanol–water partition coefficient (Wildman–Crippen LogP) is 3.35. The molecular weight excluding hydrogens is 351 g/mol. The van der Waals surface area contributed by atoms with Crippen molar-refractivity contribution in [3.05, 3.63) is 63.6 Å². The van der Waals surface area contributed by atoms with Crippen molar-refractivity contribution >= 4 is 35.0 Å². The molecule has 7 heteroatoms. The molecule has 2 amide bonds. The van der Waals surface area contributed by atoms with Crippen LogP contribution in [0.15, 0.2) is 42.5 Å². The van der Waals surface area contributed by atoms with Crippen molar-refractivity contribution in [2.24, 2.45) is 5.73 Å². The van der Waals surface area contributed by atoms with Gasteiger partial charge in [-0.3, -0.25) is 9.59 Å². The number of rotatable bonds is 6. The summed E-state index contributed by atoms with van der Waals surface area (Å²) in [6.45, 7) is 1.68. The molecule has 2 rings (SSSR count). The van der Waals surface area contributed by atoms with E-state index >= 15 is 0 Å². The van der Waals surface area contributed by atoms with Gasteiger partial charge < -0.3 is 15.8 Å². The zero-order valence-corrected chi connectivity index (χ0v) is 14.4. The van der Waals surface area contributed by atoms with Crippen molar-refractivity contribution in [3.63, 3.8) is 0 Å². The summed E-state index contributed by atoms with van der Waals surface area (Å²) < 4.78 is 5.37. The normalized spacial score (nSPS) is 11.6. The van der Waals surface area contributed by atoms with Gasteiger partial charge in [0.1, 0.15) is 5.75 Å². The molecule has 3 N–H and O–H groups in total. The average Bonchev–Trinajstić information content (AvgIpc) is 2.55. The minimum absolute atomic E-state index is 0.151. The summed E-state index contributed by atoms with van der Waals surface area (Å²) in [5, 5.41) is 3.69. The second kappa shape index (κ2) is 8.04. The van der Waals surface area contributed by atoms with E-state index in [4.69, 9.17) is 33.7 Å². The topological polar surface area (TPSA) is 81.4 Å². The number of hydrogen-bond acceptors (Lipinski definition) is 3. The Hall–Kier alpha value is -2.24. The smallest absolute Gasteiger partial charge is 0.258 e. The summed E-state index contributed by atoms with van der Waals surface area (Å²) in [6, 6.07) is 11.2. The molecule has 2 aromatic rings. The van der Waals surface area contributed by atoms with Crippen LogP contribution in [0.3, 0.4) is 0 Å². The molecule has 0 aliphatic carbocycles. The van der Waals surface area contributed by atoms with Crippen LogP contribution in [0.1, 0.15) is 28.9 Å². The third kappa shape index (κ3) is 4.88. The highest BCUT2D eigenvalue weighted by atomic mass is 35.5. The molecular formula is C17H16Cl2N2O3. The van der Waals surface area contributed by atoms with Gasteiger partial charge in [-0.05, 0) is 48.9 Å². The maximum absolute atomic E-state index is 12.0. The molecule has 126 valence electrons. The lowest BCUT2D eigenvalue weighted by Crippen LogP contribution is -2.31. The SMILES string of the molecule is CC(NC(=O)COc1ccc(C(N)=O)cc1)c1ccc(Cl)c(Cl)c1. The zero-order chi connectivity index (χ0) is 17.7. The Labute approximate surface area is 149 Å². The molecule has 0 bridgehead atoms. The molecule has 24 heavy (non-hydrogen) atoms. The molecule has 0 saturated carbocycles. The van der Waals surface area contributed by atoms with Crippen LogP contribution < -0.4 is 15.8 Å². The van der Waals surface area contributed by atoms with Crippen LogP contribution in [0.2, 0.25) is 10.0 Å². The fourth-order valence-electron chi connectivity index (χ4n) is 2.01. The van der Waals surface area contributed by atoms with E-state index in [1.807, 2.05) is 6.92 Å². The fraction of sp³-hybridized carbons (Fsp3) is 0.176. The van der Waals surface area contributed by atoms with Crippen LogP contribution in [0.4, 0.5) is 0 Å². The van der Waals surface area contributed by atoms with Crippen LogP contribution in [0, 0.1) is 0 Å². The number of ether oxygens (including phenoxy) is 1. The Bertz CT molecular complexity index is 748. The Balaban J connectivity index is 1.88. The Kier molecular flexibility index (Phi) is 6.06. The monoisotopic (exact) mass is 366 g/mol. The zero-order valence-electron chi connectivity index (χ0n) is 12.9. The van der Waals surface area contributed by atoms with Gasteiger partial charge in [-0.1, -0.05) is 29.3 Å². The van der Waals surface area contributed by atoms with Crippen LogP contribution >= 0.6 is 23.2 Å². The first kappa shape index (κ1) is 18.1. The number of hydrogen-bond donors (Lipinski definition) is 2. The highest BCUT2D eigenvalue weighted by molar-refractivity contribution is 6.42. The lowest BCUT2D eigenvalue weighted by Gasteiger charge is -2.15. The lowest BCUT2D eigenvalue weighted by atomic mass is 10.1. The van der Waals surface area contributed by atoms with Gasteiger partial charge in [-0.15, -0.1) is 0 Å². The molecule has 0 spiro atoms. The number of carbonyl (C=O) groups excluding carboxylic acids is 2. The van der Waals surface area contributed by atoms with Crippen molar-refractivity contribution in [1.82, 2.24) is 5.32 Å². The van der Waals surface area contributed by atoms with Gasteiger partial charge in [-0.25, -0.2) is 0 Å². The molecule has 0 aliphatic rings. The molecule has 2 aromatic carbocycles.